The Morgan fingerprint density at radius 3 is 2.42 bits per heavy atom. The molecule has 1 fully saturated rings. The fourth-order valence-electron chi connectivity index (χ4n) is 2.54. The van der Waals surface area contributed by atoms with E-state index in [1.807, 2.05) is 7.85 Å². The zero-order chi connectivity index (χ0) is 18.0. The maximum Gasteiger partial charge on any atom is 0.389 e. The Balaban J connectivity index is 2.70. The first-order valence-electron chi connectivity index (χ1n) is 8.76. The third-order valence-electron chi connectivity index (χ3n) is 3.96. The summed E-state index contributed by atoms with van der Waals surface area (Å²) in [5.41, 5.74) is 0. The van der Waals surface area contributed by atoms with Gasteiger partial charge < -0.3 is 18.7 Å². The van der Waals surface area contributed by atoms with E-state index in [4.69, 9.17) is 23.3 Å². The highest BCUT2D eigenvalue weighted by molar-refractivity contribution is 8.54. The first-order chi connectivity index (χ1) is 11.5. The maximum absolute atomic E-state index is 12.9. The average Bonchev–Trinajstić information content (AvgIpc) is 2.86. The number of hydrogen-bond donors (Lipinski definition) is 0. The SMILES string of the molecule is BC1OC(COCCCC)C(OP(=O)(OCCCC)SC)C1OC. The van der Waals surface area contributed by atoms with E-state index in [1.54, 1.807) is 13.4 Å². The van der Waals surface area contributed by atoms with Gasteiger partial charge in [0.15, 0.2) is 0 Å². The van der Waals surface area contributed by atoms with E-state index in [0.717, 1.165) is 37.1 Å². The molecule has 0 aromatic carbocycles. The number of rotatable bonds is 13. The van der Waals surface area contributed by atoms with Crippen LogP contribution in [0.25, 0.3) is 0 Å². The van der Waals surface area contributed by atoms with Crippen molar-refractivity contribution in [3.05, 3.63) is 0 Å². The van der Waals surface area contributed by atoms with Gasteiger partial charge in [-0.2, -0.15) is 0 Å². The molecule has 24 heavy (non-hydrogen) atoms. The van der Waals surface area contributed by atoms with E-state index in [9.17, 15) is 4.57 Å². The Morgan fingerprint density at radius 1 is 1.17 bits per heavy atom. The molecule has 5 atom stereocenters. The van der Waals surface area contributed by atoms with Gasteiger partial charge in [0.2, 0.25) is 0 Å². The number of methoxy groups -OCH3 is 1. The molecule has 1 aliphatic heterocycles. The molecular formula is C15H32BO6PS. The summed E-state index contributed by atoms with van der Waals surface area (Å²) in [5, 5.41) is 0. The lowest BCUT2D eigenvalue weighted by atomic mass is 9.93. The highest BCUT2D eigenvalue weighted by Gasteiger charge is 2.47. The lowest BCUT2D eigenvalue weighted by molar-refractivity contribution is -0.0297. The van der Waals surface area contributed by atoms with Crippen LogP contribution in [-0.4, -0.2) is 65.3 Å². The molecule has 0 aliphatic carbocycles. The van der Waals surface area contributed by atoms with Gasteiger partial charge in [-0.1, -0.05) is 26.7 Å². The molecule has 0 N–H and O–H groups in total. The van der Waals surface area contributed by atoms with Crippen LogP contribution in [0.2, 0.25) is 0 Å². The van der Waals surface area contributed by atoms with Gasteiger partial charge in [0.1, 0.15) is 26.2 Å². The van der Waals surface area contributed by atoms with Gasteiger partial charge in [0.05, 0.1) is 19.2 Å². The molecule has 0 aromatic rings. The Hall–Kier alpha value is 0.445. The van der Waals surface area contributed by atoms with Crippen molar-refractivity contribution in [3.63, 3.8) is 0 Å². The van der Waals surface area contributed by atoms with Gasteiger partial charge in [-0.05, 0) is 30.5 Å². The number of hydrogen-bond acceptors (Lipinski definition) is 7. The molecule has 1 rings (SSSR count). The zero-order valence-electron chi connectivity index (χ0n) is 15.6. The van der Waals surface area contributed by atoms with Crippen LogP contribution in [0.3, 0.4) is 0 Å². The van der Waals surface area contributed by atoms with Crippen LogP contribution < -0.4 is 0 Å². The van der Waals surface area contributed by atoms with E-state index in [2.05, 4.69) is 13.8 Å². The lowest BCUT2D eigenvalue weighted by Gasteiger charge is -2.26. The van der Waals surface area contributed by atoms with Crippen molar-refractivity contribution in [3.8, 4) is 0 Å². The standard InChI is InChI=1S/C15H32BO6PS/c1-5-7-9-19-11-12-13(14(18-3)15(16)21-12)22-23(17,24-4)20-10-8-6-2/h12-15H,5-11,16H2,1-4H3. The van der Waals surface area contributed by atoms with Crippen LogP contribution in [0.15, 0.2) is 0 Å². The molecule has 0 amide bonds. The molecule has 0 bridgehead atoms. The molecule has 142 valence electrons. The highest BCUT2D eigenvalue weighted by Crippen LogP contribution is 2.61. The Labute approximate surface area is 151 Å². The largest absolute Gasteiger partial charge is 0.389 e. The van der Waals surface area contributed by atoms with Crippen molar-refractivity contribution < 1.29 is 27.8 Å². The van der Waals surface area contributed by atoms with Crippen LogP contribution in [0.5, 0.6) is 0 Å². The summed E-state index contributed by atoms with van der Waals surface area (Å²) in [5.74, 6) is 0. The first-order valence-corrected chi connectivity index (χ1v) is 12.1. The summed E-state index contributed by atoms with van der Waals surface area (Å²) in [7, 11) is 3.54. The van der Waals surface area contributed by atoms with Gasteiger partial charge >= 0.3 is 6.80 Å². The smallest absolute Gasteiger partial charge is 0.379 e. The molecule has 0 spiro atoms. The van der Waals surface area contributed by atoms with Crippen molar-refractivity contribution in [2.75, 3.05) is 33.2 Å². The van der Waals surface area contributed by atoms with Crippen molar-refractivity contribution in [1.29, 1.82) is 0 Å². The van der Waals surface area contributed by atoms with E-state index in [1.165, 1.54) is 0 Å². The van der Waals surface area contributed by atoms with E-state index >= 15 is 0 Å². The third kappa shape index (κ3) is 6.98. The molecule has 0 saturated carbocycles. The van der Waals surface area contributed by atoms with Crippen LogP contribution in [-0.2, 0) is 27.8 Å². The van der Waals surface area contributed by atoms with Crippen molar-refractivity contribution in [1.82, 2.24) is 0 Å². The summed E-state index contributed by atoms with van der Waals surface area (Å²) in [6.45, 7) is 2.45. The summed E-state index contributed by atoms with van der Waals surface area (Å²) in [4.78, 5) is 0. The van der Waals surface area contributed by atoms with E-state index in [-0.39, 0.29) is 18.2 Å². The quantitative estimate of drug-likeness (QED) is 0.276. The predicted octanol–water partition coefficient (Wildman–Crippen LogP) is 2.85. The Bertz CT molecular complexity index is 389. The van der Waals surface area contributed by atoms with Crippen molar-refractivity contribution in [2.45, 2.75) is 63.8 Å². The molecule has 6 nitrogen and oxygen atoms in total. The summed E-state index contributed by atoms with van der Waals surface area (Å²) >= 11 is 1.12. The van der Waals surface area contributed by atoms with Gasteiger partial charge in [-0.25, -0.2) is 4.57 Å². The fraction of sp³-hybridized carbons (Fsp3) is 1.00. The second kappa shape index (κ2) is 11.9. The third-order valence-corrected chi connectivity index (χ3v) is 7.32. The summed E-state index contributed by atoms with van der Waals surface area (Å²) in [6.07, 6.45) is 4.58. The number of ether oxygens (including phenoxy) is 3. The van der Waals surface area contributed by atoms with E-state index in [0.29, 0.717) is 19.8 Å². The minimum atomic E-state index is -3.24. The summed E-state index contributed by atoms with van der Waals surface area (Å²) in [6, 6.07) is -0.147. The Morgan fingerprint density at radius 2 is 1.83 bits per heavy atom. The maximum atomic E-state index is 12.9. The van der Waals surface area contributed by atoms with Crippen LogP contribution in [0.1, 0.15) is 39.5 Å². The van der Waals surface area contributed by atoms with Gasteiger partial charge in [0, 0.05) is 13.7 Å². The molecule has 1 heterocycles. The summed E-state index contributed by atoms with van der Waals surface area (Å²) < 4.78 is 41.4. The zero-order valence-corrected chi connectivity index (χ0v) is 17.3. The molecule has 9 heteroatoms. The first kappa shape index (κ1) is 22.5. The normalized spacial score (nSPS) is 29.7. The van der Waals surface area contributed by atoms with Crippen LogP contribution in [0, 0.1) is 0 Å². The molecule has 0 aromatic heterocycles. The van der Waals surface area contributed by atoms with E-state index < -0.39 is 12.9 Å². The van der Waals surface area contributed by atoms with Crippen molar-refractivity contribution >= 4 is 26.0 Å². The molecular weight excluding hydrogens is 350 g/mol. The second-order valence-electron chi connectivity index (χ2n) is 5.90. The topological polar surface area (TPSA) is 63.2 Å². The molecule has 0 radical (unpaired) electrons. The second-order valence-corrected chi connectivity index (χ2v) is 10.1. The molecule has 1 saturated heterocycles. The highest BCUT2D eigenvalue weighted by atomic mass is 32.7. The monoisotopic (exact) mass is 382 g/mol. The minimum Gasteiger partial charge on any atom is -0.379 e. The molecule has 5 unspecified atom stereocenters. The molecule has 1 aliphatic rings. The fourth-order valence-corrected chi connectivity index (χ4v) is 4.79. The van der Waals surface area contributed by atoms with Gasteiger partial charge in [-0.15, -0.1) is 0 Å². The van der Waals surface area contributed by atoms with Crippen LogP contribution in [0.4, 0.5) is 0 Å². The van der Waals surface area contributed by atoms with Gasteiger partial charge in [0.25, 0.3) is 0 Å². The lowest BCUT2D eigenvalue weighted by Crippen LogP contribution is -2.38. The minimum absolute atomic E-state index is 0.147. The predicted molar refractivity (Wildman–Crippen MR) is 101 cm³/mol. The Kier molecular flexibility index (Phi) is 11.2. The van der Waals surface area contributed by atoms with Gasteiger partial charge in [-0.3, -0.25) is 4.52 Å². The van der Waals surface area contributed by atoms with Crippen LogP contribution >= 0.6 is 18.2 Å². The van der Waals surface area contributed by atoms with Crippen molar-refractivity contribution in [2.24, 2.45) is 0 Å². The number of unbranched alkanes of at least 4 members (excludes halogenated alkanes) is 2. The average molecular weight is 382 g/mol.